The van der Waals surface area contributed by atoms with Crippen LogP contribution in [0.5, 0.6) is 0 Å². The molecule has 3 aromatic rings. The second-order valence-electron chi connectivity index (χ2n) is 6.66. The monoisotopic (exact) mass is 360 g/mol. The molecule has 0 bridgehead atoms. The highest BCUT2D eigenvalue weighted by molar-refractivity contribution is 5.98. The number of amides is 2. The molecule has 0 aromatic heterocycles. The number of hydrogen-bond donors (Lipinski definition) is 2. The maximum atomic E-state index is 12.3. The molecule has 0 aliphatic carbocycles. The molecule has 0 aliphatic heterocycles. The molecule has 0 saturated heterocycles. The number of carbonyl (C=O) groups is 2. The van der Waals surface area contributed by atoms with Crippen LogP contribution in [0.4, 0.5) is 0 Å². The Balaban J connectivity index is 1.40. The topological polar surface area (TPSA) is 58.2 Å². The molecule has 0 aliphatic rings. The standard InChI is InChI=1S/C23H24N2O2/c1-17-5-4-6-18(15-17)11-13-24-22(26)12-14-25-23(27)21-10-9-19-7-2-3-8-20(19)16-21/h2-10,15-16H,11-14H2,1H3,(H,24,26)(H,25,27). The number of nitrogens with one attached hydrogen (secondary N) is 2. The van der Waals surface area contributed by atoms with Crippen LogP contribution in [0.1, 0.15) is 27.9 Å². The molecule has 0 spiro atoms. The van der Waals surface area contributed by atoms with E-state index in [-0.39, 0.29) is 18.2 Å². The summed E-state index contributed by atoms with van der Waals surface area (Å²) in [7, 11) is 0. The van der Waals surface area contributed by atoms with Gasteiger partial charge >= 0.3 is 0 Å². The van der Waals surface area contributed by atoms with E-state index in [1.807, 2.05) is 42.5 Å². The van der Waals surface area contributed by atoms with Crippen LogP contribution in [-0.2, 0) is 11.2 Å². The fourth-order valence-corrected chi connectivity index (χ4v) is 3.02. The van der Waals surface area contributed by atoms with Crippen LogP contribution in [0.3, 0.4) is 0 Å². The van der Waals surface area contributed by atoms with Gasteiger partial charge in [0.2, 0.25) is 5.91 Å². The Hall–Kier alpha value is -3.14. The third-order valence-electron chi connectivity index (χ3n) is 4.47. The van der Waals surface area contributed by atoms with E-state index in [0.717, 1.165) is 17.2 Å². The van der Waals surface area contributed by atoms with Gasteiger partial charge in [-0.05, 0) is 41.8 Å². The van der Waals surface area contributed by atoms with E-state index < -0.39 is 0 Å². The highest BCUT2D eigenvalue weighted by Crippen LogP contribution is 2.15. The lowest BCUT2D eigenvalue weighted by atomic mass is 10.1. The number of aryl methyl sites for hydroxylation is 1. The zero-order chi connectivity index (χ0) is 19.1. The van der Waals surface area contributed by atoms with E-state index in [4.69, 9.17) is 0 Å². The van der Waals surface area contributed by atoms with E-state index in [1.165, 1.54) is 11.1 Å². The molecule has 0 unspecified atom stereocenters. The van der Waals surface area contributed by atoms with E-state index in [2.05, 4.69) is 35.8 Å². The van der Waals surface area contributed by atoms with Crippen LogP contribution in [0, 0.1) is 6.92 Å². The van der Waals surface area contributed by atoms with Gasteiger partial charge in [0.1, 0.15) is 0 Å². The second kappa shape index (κ2) is 8.99. The van der Waals surface area contributed by atoms with Gasteiger partial charge in [-0.1, -0.05) is 60.2 Å². The lowest BCUT2D eigenvalue weighted by Gasteiger charge is -2.08. The first-order chi connectivity index (χ1) is 13.1. The van der Waals surface area contributed by atoms with Gasteiger partial charge in [0.15, 0.2) is 0 Å². The minimum atomic E-state index is -0.159. The Morgan fingerprint density at radius 2 is 1.63 bits per heavy atom. The van der Waals surface area contributed by atoms with Gasteiger partial charge in [0, 0.05) is 25.1 Å². The van der Waals surface area contributed by atoms with Crippen LogP contribution in [0.2, 0.25) is 0 Å². The molecule has 0 atom stereocenters. The molecule has 0 radical (unpaired) electrons. The summed E-state index contributed by atoms with van der Waals surface area (Å²) in [5, 5.41) is 7.83. The number of carbonyl (C=O) groups excluding carboxylic acids is 2. The molecule has 0 saturated carbocycles. The molecule has 4 heteroatoms. The van der Waals surface area contributed by atoms with Crippen LogP contribution in [0.25, 0.3) is 10.8 Å². The second-order valence-corrected chi connectivity index (χ2v) is 6.66. The van der Waals surface area contributed by atoms with Gasteiger partial charge in [-0.15, -0.1) is 0 Å². The summed E-state index contributed by atoms with van der Waals surface area (Å²) in [5.41, 5.74) is 3.03. The minimum absolute atomic E-state index is 0.0542. The van der Waals surface area contributed by atoms with Crippen molar-refractivity contribution in [2.24, 2.45) is 0 Å². The van der Waals surface area contributed by atoms with E-state index in [0.29, 0.717) is 18.7 Å². The Labute approximate surface area is 159 Å². The molecule has 0 fully saturated rings. The van der Waals surface area contributed by atoms with Crippen LogP contribution >= 0.6 is 0 Å². The van der Waals surface area contributed by atoms with Gasteiger partial charge < -0.3 is 10.6 Å². The molecule has 3 aromatic carbocycles. The molecule has 27 heavy (non-hydrogen) atoms. The Morgan fingerprint density at radius 1 is 0.815 bits per heavy atom. The third-order valence-corrected chi connectivity index (χ3v) is 4.47. The maximum absolute atomic E-state index is 12.3. The van der Waals surface area contributed by atoms with Crippen molar-refractivity contribution < 1.29 is 9.59 Å². The van der Waals surface area contributed by atoms with Crippen molar-refractivity contribution in [2.45, 2.75) is 19.8 Å². The summed E-state index contributed by atoms with van der Waals surface area (Å²) >= 11 is 0. The Bertz CT molecular complexity index is 950. The first-order valence-electron chi connectivity index (χ1n) is 9.21. The molecule has 4 nitrogen and oxygen atoms in total. The van der Waals surface area contributed by atoms with Crippen molar-refractivity contribution in [1.29, 1.82) is 0 Å². The van der Waals surface area contributed by atoms with Gasteiger partial charge in [-0.25, -0.2) is 0 Å². The maximum Gasteiger partial charge on any atom is 0.251 e. The van der Waals surface area contributed by atoms with Crippen LogP contribution in [0.15, 0.2) is 66.7 Å². The number of hydrogen-bond acceptors (Lipinski definition) is 2. The summed E-state index contributed by atoms with van der Waals surface area (Å²) in [4.78, 5) is 24.2. The highest BCUT2D eigenvalue weighted by atomic mass is 16.2. The Kier molecular flexibility index (Phi) is 6.21. The zero-order valence-corrected chi connectivity index (χ0v) is 15.5. The first kappa shape index (κ1) is 18.6. The Morgan fingerprint density at radius 3 is 2.44 bits per heavy atom. The van der Waals surface area contributed by atoms with Gasteiger partial charge in [0.25, 0.3) is 5.91 Å². The molecular weight excluding hydrogens is 336 g/mol. The average molecular weight is 360 g/mol. The minimum Gasteiger partial charge on any atom is -0.356 e. The normalized spacial score (nSPS) is 10.6. The first-order valence-corrected chi connectivity index (χ1v) is 9.21. The van der Waals surface area contributed by atoms with Gasteiger partial charge in [0.05, 0.1) is 0 Å². The SMILES string of the molecule is Cc1cccc(CCNC(=O)CCNC(=O)c2ccc3ccccc3c2)c1. The lowest BCUT2D eigenvalue weighted by molar-refractivity contribution is -0.120. The van der Waals surface area contributed by atoms with Crippen molar-refractivity contribution >= 4 is 22.6 Å². The fraction of sp³-hybridized carbons (Fsp3) is 0.217. The van der Waals surface area contributed by atoms with Crippen molar-refractivity contribution in [3.05, 3.63) is 83.4 Å². The summed E-state index contributed by atoms with van der Waals surface area (Å²) in [5.74, 6) is -0.213. The van der Waals surface area contributed by atoms with Gasteiger partial charge in [-0.3, -0.25) is 9.59 Å². The molecule has 3 rings (SSSR count). The van der Waals surface area contributed by atoms with Gasteiger partial charge in [-0.2, -0.15) is 0 Å². The van der Waals surface area contributed by atoms with E-state index >= 15 is 0 Å². The zero-order valence-electron chi connectivity index (χ0n) is 15.5. The number of rotatable bonds is 7. The summed E-state index contributed by atoms with van der Waals surface area (Å²) in [6.45, 7) is 2.98. The largest absolute Gasteiger partial charge is 0.356 e. The predicted octanol–water partition coefficient (Wildman–Crippen LogP) is 3.63. The molecule has 138 valence electrons. The van der Waals surface area contributed by atoms with Crippen LogP contribution < -0.4 is 10.6 Å². The average Bonchev–Trinajstić information content (AvgIpc) is 2.67. The van der Waals surface area contributed by atoms with Crippen LogP contribution in [-0.4, -0.2) is 24.9 Å². The third kappa shape index (κ3) is 5.42. The smallest absolute Gasteiger partial charge is 0.251 e. The fourth-order valence-electron chi connectivity index (χ4n) is 3.02. The van der Waals surface area contributed by atoms with E-state index in [1.54, 1.807) is 6.07 Å². The van der Waals surface area contributed by atoms with Crippen molar-refractivity contribution in [3.63, 3.8) is 0 Å². The van der Waals surface area contributed by atoms with E-state index in [9.17, 15) is 9.59 Å². The number of benzene rings is 3. The summed E-state index contributed by atoms with van der Waals surface area (Å²) in [6, 6.07) is 21.8. The molecule has 2 N–H and O–H groups in total. The van der Waals surface area contributed by atoms with Crippen molar-refractivity contribution in [3.8, 4) is 0 Å². The predicted molar refractivity (Wildman–Crippen MR) is 109 cm³/mol. The number of fused-ring (bicyclic) bond motifs is 1. The molecular formula is C23H24N2O2. The molecule has 0 heterocycles. The van der Waals surface area contributed by atoms with Crippen molar-refractivity contribution in [2.75, 3.05) is 13.1 Å². The summed E-state index contributed by atoms with van der Waals surface area (Å²) in [6.07, 6.45) is 1.07. The highest BCUT2D eigenvalue weighted by Gasteiger charge is 2.07. The van der Waals surface area contributed by atoms with Crippen molar-refractivity contribution in [1.82, 2.24) is 10.6 Å². The lowest BCUT2D eigenvalue weighted by Crippen LogP contribution is -2.31. The quantitative estimate of drug-likeness (QED) is 0.676. The molecule has 2 amide bonds. The summed E-state index contributed by atoms with van der Waals surface area (Å²) < 4.78 is 0.